The Kier molecular flexibility index (Phi) is 4.93. The SMILES string of the molecule is Cc1nnc2n1C[C@H](NCc1ccc(OCc3ccccn3)cc1)CC2. The lowest BCUT2D eigenvalue weighted by molar-refractivity contribution is 0.301. The van der Waals surface area contributed by atoms with Gasteiger partial charge in [-0.1, -0.05) is 18.2 Å². The molecule has 0 radical (unpaired) electrons. The Morgan fingerprint density at radius 1 is 1.15 bits per heavy atom. The molecule has 0 saturated heterocycles. The van der Waals surface area contributed by atoms with E-state index in [-0.39, 0.29) is 0 Å². The van der Waals surface area contributed by atoms with Gasteiger partial charge in [0.2, 0.25) is 0 Å². The number of fused-ring (bicyclic) bond motifs is 1. The van der Waals surface area contributed by atoms with Crippen LogP contribution in [0.4, 0.5) is 0 Å². The van der Waals surface area contributed by atoms with Gasteiger partial charge in [0, 0.05) is 31.7 Å². The summed E-state index contributed by atoms with van der Waals surface area (Å²) >= 11 is 0. The summed E-state index contributed by atoms with van der Waals surface area (Å²) in [4.78, 5) is 4.26. The lowest BCUT2D eigenvalue weighted by atomic mass is 10.1. The van der Waals surface area contributed by atoms with Gasteiger partial charge in [0.15, 0.2) is 0 Å². The molecular weight excluding hydrogens is 326 g/mol. The molecule has 0 aliphatic carbocycles. The van der Waals surface area contributed by atoms with Crippen LogP contribution in [-0.4, -0.2) is 25.8 Å². The third-order valence-electron chi connectivity index (χ3n) is 4.76. The van der Waals surface area contributed by atoms with Crippen LogP contribution in [0.15, 0.2) is 48.7 Å². The van der Waals surface area contributed by atoms with Crippen molar-refractivity contribution in [3.63, 3.8) is 0 Å². The number of rotatable bonds is 6. The third kappa shape index (κ3) is 3.91. The molecule has 1 aromatic carbocycles. The molecule has 26 heavy (non-hydrogen) atoms. The molecule has 3 heterocycles. The van der Waals surface area contributed by atoms with Gasteiger partial charge >= 0.3 is 0 Å². The molecule has 1 aliphatic heterocycles. The summed E-state index contributed by atoms with van der Waals surface area (Å²) in [6.45, 7) is 4.30. The van der Waals surface area contributed by atoms with Crippen LogP contribution in [0.5, 0.6) is 5.75 Å². The summed E-state index contributed by atoms with van der Waals surface area (Å²) in [5, 5.41) is 12.0. The molecule has 2 aromatic heterocycles. The number of benzene rings is 1. The molecule has 0 fully saturated rings. The molecule has 4 rings (SSSR count). The molecule has 6 nitrogen and oxygen atoms in total. The highest BCUT2D eigenvalue weighted by atomic mass is 16.5. The first-order valence-electron chi connectivity index (χ1n) is 9.01. The van der Waals surface area contributed by atoms with E-state index >= 15 is 0 Å². The summed E-state index contributed by atoms with van der Waals surface area (Å²) in [6, 6.07) is 14.5. The lowest BCUT2D eigenvalue weighted by Gasteiger charge is -2.25. The fourth-order valence-corrected chi connectivity index (χ4v) is 3.24. The second-order valence-electron chi connectivity index (χ2n) is 6.64. The van der Waals surface area contributed by atoms with Crippen LogP contribution >= 0.6 is 0 Å². The number of ether oxygens (including phenoxy) is 1. The fraction of sp³-hybridized carbons (Fsp3) is 0.350. The first-order chi connectivity index (χ1) is 12.8. The summed E-state index contributed by atoms with van der Waals surface area (Å²) in [5.74, 6) is 2.97. The Morgan fingerprint density at radius 2 is 2.04 bits per heavy atom. The van der Waals surface area contributed by atoms with Gasteiger partial charge < -0.3 is 14.6 Å². The van der Waals surface area contributed by atoms with E-state index in [9.17, 15) is 0 Å². The summed E-state index contributed by atoms with van der Waals surface area (Å²) in [6.07, 6.45) is 3.87. The van der Waals surface area contributed by atoms with E-state index in [2.05, 4.69) is 37.2 Å². The molecule has 0 unspecified atom stereocenters. The molecule has 6 heteroatoms. The van der Waals surface area contributed by atoms with E-state index in [0.29, 0.717) is 12.6 Å². The zero-order valence-corrected chi connectivity index (χ0v) is 14.9. The minimum Gasteiger partial charge on any atom is -0.487 e. The zero-order chi connectivity index (χ0) is 17.8. The average Bonchev–Trinajstić information content (AvgIpc) is 3.07. The maximum Gasteiger partial charge on any atom is 0.133 e. The second kappa shape index (κ2) is 7.66. The lowest BCUT2D eigenvalue weighted by Crippen LogP contribution is -2.37. The van der Waals surface area contributed by atoms with Crippen LogP contribution in [0.2, 0.25) is 0 Å². The highest BCUT2D eigenvalue weighted by Gasteiger charge is 2.20. The van der Waals surface area contributed by atoms with Crippen molar-refractivity contribution in [3.8, 4) is 5.75 Å². The monoisotopic (exact) mass is 349 g/mol. The topological polar surface area (TPSA) is 64.9 Å². The molecular formula is C20H23N5O. The van der Waals surface area contributed by atoms with Crippen molar-refractivity contribution in [1.82, 2.24) is 25.1 Å². The van der Waals surface area contributed by atoms with E-state index in [0.717, 1.165) is 49.0 Å². The maximum absolute atomic E-state index is 5.78. The molecule has 1 N–H and O–H groups in total. The second-order valence-corrected chi connectivity index (χ2v) is 6.64. The van der Waals surface area contributed by atoms with E-state index in [1.54, 1.807) is 6.20 Å². The van der Waals surface area contributed by atoms with Gasteiger partial charge in [0.25, 0.3) is 0 Å². The summed E-state index contributed by atoms with van der Waals surface area (Å²) in [7, 11) is 0. The number of hydrogen-bond acceptors (Lipinski definition) is 5. The Labute approximate surface area is 153 Å². The first-order valence-corrected chi connectivity index (χ1v) is 9.01. The smallest absolute Gasteiger partial charge is 0.133 e. The number of nitrogens with one attached hydrogen (secondary N) is 1. The highest BCUT2D eigenvalue weighted by molar-refractivity contribution is 5.27. The van der Waals surface area contributed by atoms with Crippen LogP contribution in [0.3, 0.4) is 0 Å². The van der Waals surface area contributed by atoms with Gasteiger partial charge in [-0.05, 0) is 43.2 Å². The number of aryl methyl sites for hydroxylation is 2. The van der Waals surface area contributed by atoms with Gasteiger partial charge in [0.1, 0.15) is 24.0 Å². The predicted octanol–water partition coefficient (Wildman–Crippen LogP) is 2.67. The summed E-state index contributed by atoms with van der Waals surface area (Å²) in [5.41, 5.74) is 2.18. The van der Waals surface area contributed by atoms with Crippen LogP contribution in [-0.2, 0) is 26.1 Å². The first kappa shape index (κ1) is 16.7. The van der Waals surface area contributed by atoms with E-state index < -0.39 is 0 Å². The molecule has 0 amide bonds. The molecule has 1 atom stereocenters. The van der Waals surface area contributed by atoms with Gasteiger partial charge in [-0.15, -0.1) is 10.2 Å². The Bertz CT molecular complexity index is 844. The molecule has 3 aromatic rings. The maximum atomic E-state index is 5.78. The normalized spacial score (nSPS) is 16.3. The van der Waals surface area contributed by atoms with E-state index in [1.165, 1.54) is 5.56 Å². The molecule has 0 bridgehead atoms. The van der Waals surface area contributed by atoms with Crippen molar-refractivity contribution in [1.29, 1.82) is 0 Å². The standard InChI is InChI=1S/C20H23N5O/c1-15-23-24-20-10-7-17(13-25(15)20)22-12-16-5-8-19(9-6-16)26-14-18-4-2-3-11-21-18/h2-6,8-9,11,17,22H,7,10,12-14H2,1H3/t17-/m1/s1. The van der Waals surface area contributed by atoms with Gasteiger partial charge in [-0.3, -0.25) is 4.98 Å². The minimum absolute atomic E-state index is 0.456. The van der Waals surface area contributed by atoms with Gasteiger partial charge in [-0.25, -0.2) is 0 Å². The number of nitrogens with zero attached hydrogens (tertiary/aromatic N) is 4. The van der Waals surface area contributed by atoms with Crippen molar-refractivity contribution < 1.29 is 4.74 Å². The van der Waals surface area contributed by atoms with Crippen LogP contribution in [0.25, 0.3) is 0 Å². The Morgan fingerprint density at radius 3 is 2.85 bits per heavy atom. The van der Waals surface area contributed by atoms with Crippen LogP contribution < -0.4 is 10.1 Å². The van der Waals surface area contributed by atoms with Crippen molar-refractivity contribution >= 4 is 0 Å². The van der Waals surface area contributed by atoms with E-state index in [4.69, 9.17) is 4.74 Å². The quantitative estimate of drug-likeness (QED) is 0.741. The molecule has 0 spiro atoms. The minimum atomic E-state index is 0.456. The number of hydrogen-bond donors (Lipinski definition) is 1. The van der Waals surface area contributed by atoms with E-state index in [1.807, 2.05) is 37.3 Å². The van der Waals surface area contributed by atoms with Crippen LogP contribution in [0, 0.1) is 6.92 Å². The number of aromatic nitrogens is 4. The molecule has 0 saturated carbocycles. The van der Waals surface area contributed by atoms with Gasteiger partial charge in [0.05, 0.1) is 5.69 Å². The van der Waals surface area contributed by atoms with Crippen molar-refractivity contribution in [2.45, 2.75) is 45.5 Å². The largest absolute Gasteiger partial charge is 0.487 e. The fourth-order valence-electron chi connectivity index (χ4n) is 3.24. The average molecular weight is 349 g/mol. The zero-order valence-electron chi connectivity index (χ0n) is 14.9. The predicted molar refractivity (Wildman–Crippen MR) is 98.7 cm³/mol. The highest BCUT2D eigenvalue weighted by Crippen LogP contribution is 2.17. The van der Waals surface area contributed by atoms with Crippen molar-refractivity contribution in [3.05, 3.63) is 71.6 Å². The Balaban J connectivity index is 1.27. The molecule has 1 aliphatic rings. The Hall–Kier alpha value is -2.73. The third-order valence-corrected chi connectivity index (χ3v) is 4.76. The van der Waals surface area contributed by atoms with Crippen molar-refractivity contribution in [2.24, 2.45) is 0 Å². The van der Waals surface area contributed by atoms with Crippen LogP contribution in [0.1, 0.15) is 29.3 Å². The molecule has 134 valence electrons. The van der Waals surface area contributed by atoms with Crippen molar-refractivity contribution in [2.75, 3.05) is 0 Å². The van der Waals surface area contributed by atoms with Gasteiger partial charge in [-0.2, -0.15) is 0 Å². The number of pyridine rings is 1. The summed E-state index contributed by atoms with van der Waals surface area (Å²) < 4.78 is 8.00.